The van der Waals surface area contributed by atoms with Crippen LogP contribution >= 0.6 is 11.8 Å². The Bertz CT molecular complexity index is 587. The predicted octanol–water partition coefficient (Wildman–Crippen LogP) is 5.23. The number of para-hydroxylation sites is 1. The molecule has 0 amide bonds. The SMILES string of the molecule is CC1(C)C(=Nc2ccccc2)SC1c1ccccc1. The number of hydrogen-bond acceptors (Lipinski definition) is 2. The van der Waals surface area contributed by atoms with E-state index in [-0.39, 0.29) is 5.41 Å². The quantitative estimate of drug-likeness (QED) is 0.725. The summed E-state index contributed by atoms with van der Waals surface area (Å²) in [7, 11) is 0. The van der Waals surface area contributed by atoms with E-state index >= 15 is 0 Å². The predicted molar refractivity (Wildman–Crippen MR) is 84.1 cm³/mol. The number of benzene rings is 2. The molecule has 19 heavy (non-hydrogen) atoms. The first kappa shape index (κ1) is 12.5. The zero-order valence-corrected chi connectivity index (χ0v) is 12.0. The normalized spacial score (nSPS) is 23.1. The molecule has 96 valence electrons. The highest BCUT2D eigenvalue weighted by atomic mass is 32.2. The molecule has 0 spiro atoms. The third-order valence-corrected chi connectivity index (χ3v) is 5.46. The molecule has 0 N–H and O–H groups in total. The number of hydrogen-bond donors (Lipinski definition) is 0. The molecule has 1 aliphatic heterocycles. The highest BCUT2D eigenvalue weighted by molar-refractivity contribution is 8.16. The van der Waals surface area contributed by atoms with E-state index in [0.717, 1.165) is 5.69 Å². The average molecular weight is 267 g/mol. The maximum absolute atomic E-state index is 4.77. The van der Waals surface area contributed by atoms with E-state index in [9.17, 15) is 0 Å². The van der Waals surface area contributed by atoms with Crippen molar-refractivity contribution in [2.75, 3.05) is 0 Å². The largest absolute Gasteiger partial charge is 0.246 e. The molecule has 1 unspecified atom stereocenters. The molecule has 1 aliphatic rings. The molecule has 1 nitrogen and oxygen atoms in total. The van der Waals surface area contributed by atoms with Gasteiger partial charge in [0.05, 0.1) is 10.7 Å². The van der Waals surface area contributed by atoms with Crippen LogP contribution in [0.4, 0.5) is 5.69 Å². The fourth-order valence-corrected chi connectivity index (χ4v) is 3.68. The molecular weight excluding hydrogens is 250 g/mol. The van der Waals surface area contributed by atoms with Crippen molar-refractivity contribution >= 4 is 22.5 Å². The summed E-state index contributed by atoms with van der Waals surface area (Å²) in [4.78, 5) is 4.77. The van der Waals surface area contributed by atoms with E-state index in [1.54, 1.807) is 0 Å². The van der Waals surface area contributed by atoms with Crippen LogP contribution in [0.2, 0.25) is 0 Å². The first-order valence-electron chi connectivity index (χ1n) is 6.54. The van der Waals surface area contributed by atoms with Gasteiger partial charge in [0.15, 0.2) is 0 Å². The Morgan fingerprint density at radius 3 is 2.05 bits per heavy atom. The van der Waals surface area contributed by atoms with Crippen molar-refractivity contribution in [2.24, 2.45) is 10.4 Å². The highest BCUT2D eigenvalue weighted by Crippen LogP contribution is 2.58. The van der Waals surface area contributed by atoms with E-state index in [2.05, 4.69) is 56.3 Å². The molecule has 1 heterocycles. The van der Waals surface area contributed by atoms with Gasteiger partial charge in [-0.3, -0.25) is 0 Å². The third-order valence-electron chi connectivity index (χ3n) is 3.53. The van der Waals surface area contributed by atoms with Crippen molar-refractivity contribution in [3.63, 3.8) is 0 Å². The van der Waals surface area contributed by atoms with E-state index in [1.165, 1.54) is 10.6 Å². The van der Waals surface area contributed by atoms with Crippen LogP contribution in [0.15, 0.2) is 65.7 Å². The summed E-state index contributed by atoms with van der Waals surface area (Å²) in [5.41, 5.74) is 2.57. The molecule has 1 atom stereocenters. The standard InChI is InChI=1S/C17H17NS/c1-17(2)15(13-9-5-3-6-10-13)19-16(17)18-14-11-7-4-8-12-14/h3-12,15H,1-2H3. The number of thioether (sulfide) groups is 1. The lowest BCUT2D eigenvalue weighted by Crippen LogP contribution is -2.38. The van der Waals surface area contributed by atoms with Crippen LogP contribution in [-0.2, 0) is 0 Å². The first-order chi connectivity index (χ1) is 9.18. The molecule has 0 aliphatic carbocycles. The van der Waals surface area contributed by atoms with E-state index in [4.69, 9.17) is 4.99 Å². The minimum atomic E-state index is 0.127. The summed E-state index contributed by atoms with van der Waals surface area (Å²) < 4.78 is 0. The Labute approximate surface area is 118 Å². The second-order valence-electron chi connectivity index (χ2n) is 5.38. The number of nitrogens with zero attached hydrogens (tertiary/aromatic N) is 1. The fourth-order valence-electron chi connectivity index (χ4n) is 2.37. The van der Waals surface area contributed by atoms with Gasteiger partial charge >= 0.3 is 0 Å². The van der Waals surface area contributed by atoms with Crippen LogP contribution in [0.25, 0.3) is 0 Å². The van der Waals surface area contributed by atoms with Crippen LogP contribution in [0.1, 0.15) is 24.7 Å². The summed E-state index contributed by atoms with van der Waals surface area (Å²) in [5, 5.41) is 1.74. The summed E-state index contributed by atoms with van der Waals surface area (Å²) in [6.07, 6.45) is 0. The molecule has 0 bridgehead atoms. The lowest BCUT2D eigenvalue weighted by molar-refractivity contribution is 0.497. The van der Waals surface area contributed by atoms with Crippen molar-refractivity contribution in [2.45, 2.75) is 19.1 Å². The van der Waals surface area contributed by atoms with Gasteiger partial charge in [-0.2, -0.15) is 0 Å². The Kier molecular flexibility index (Phi) is 3.19. The monoisotopic (exact) mass is 267 g/mol. The molecular formula is C17H17NS. The van der Waals surface area contributed by atoms with Gasteiger partial charge in [0.2, 0.25) is 0 Å². The van der Waals surface area contributed by atoms with Gasteiger partial charge in [0.1, 0.15) is 0 Å². The molecule has 0 saturated carbocycles. The van der Waals surface area contributed by atoms with Crippen LogP contribution in [0, 0.1) is 5.41 Å². The van der Waals surface area contributed by atoms with Crippen molar-refractivity contribution in [1.82, 2.24) is 0 Å². The molecule has 1 fully saturated rings. The van der Waals surface area contributed by atoms with Crippen LogP contribution in [0.3, 0.4) is 0 Å². The molecule has 3 rings (SSSR count). The molecule has 2 aromatic carbocycles. The van der Waals surface area contributed by atoms with Crippen LogP contribution < -0.4 is 0 Å². The maximum atomic E-state index is 4.77. The van der Waals surface area contributed by atoms with Gasteiger partial charge in [0, 0.05) is 10.7 Å². The second kappa shape index (κ2) is 4.86. The van der Waals surface area contributed by atoms with Crippen molar-refractivity contribution in [1.29, 1.82) is 0 Å². The van der Waals surface area contributed by atoms with Crippen molar-refractivity contribution in [3.05, 3.63) is 66.2 Å². The third kappa shape index (κ3) is 2.33. The summed E-state index contributed by atoms with van der Waals surface area (Å²) in [5.74, 6) is 0. The summed E-state index contributed by atoms with van der Waals surface area (Å²) in [6.45, 7) is 4.56. The van der Waals surface area contributed by atoms with E-state index in [1.807, 2.05) is 30.0 Å². The van der Waals surface area contributed by atoms with Gasteiger partial charge in [-0.1, -0.05) is 62.4 Å². The minimum absolute atomic E-state index is 0.127. The van der Waals surface area contributed by atoms with E-state index < -0.39 is 0 Å². The Morgan fingerprint density at radius 1 is 0.895 bits per heavy atom. The lowest BCUT2D eigenvalue weighted by atomic mass is 9.84. The van der Waals surface area contributed by atoms with Crippen molar-refractivity contribution < 1.29 is 0 Å². The smallest absolute Gasteiger partial charge is 0.0815 e. The zero-order valence-electron chi connectivity index (χ0n) is 11.2. The number of aliphatic imine (C=N–C) groups is 1. The van der Waals surface area contributed by atoms with E-state index in [0.29, 0.717) is 5.25 Å². The van der Waals surface area contributed by atoms with Gasteiger partial charge in [-0.25, -0.2) is 4.99 Å². The number of rotatable bonds is 2. The molecule has 2 aromatic rings. The maximum Gasteiger partial charge on any atom is 0.0815 e. The lowest BCUT2D eigenvalue weighted by Gasteiger charge is -2.45. The molecule has 2 heteroatoms. The average Bonchev–Trinajstić information content (AvgIpc) is 2.45. The molecule has 1 saturated heterocycles. The second-order valence-corrected chi connectivity index (χ2v) is 6.48. The van der Waals surface area contributed by atoms with Crippen molar-refractivity contribution in [3.8, 4) is 0 Å². The Morgan fingerprint density at radius 2 is 1.47 bits per heavy atom. The fraction of sp³-hybridized carbons (Fsp3) is 0.235. The van der Waals surface area contributed by atoms with Gasteiger partial charge in [0.25, 0.3) is 0 Å². The van der Waals surface area contributed by atoms with Gasteiger partial charge < -0.3 is 0 Å². The Balaban J connectivity index is 1.85. The summed E-state index contributed by atoms with van der Waals surface area (Å²) in [6, 6.07) is 20.9. The zero-order chi connectivity index (χ0) is 13.3. The first-order valence-corrected chi connectivity index (χ1v) is 7.42. The van der Waals surface area contributed by atoms with Gasteiger partial charge in [-0.05, 0) is 17.7 Å². The van der Waals surface area contributed by atoms with Gasteiger partial charge in [-0.15, -0.1) is 11.8 Å². The Hall–Kier alpha value is -1.54. The van der Waals surface area contributed by atoms with Crippen LogP contribution in [0.5, 0.6) is 0 Å². The topological polar surface area (TPSA) is 12.4 Å². The molecule has 0 aromatic heterocycles. The minimum Gasteiger partial charge on any atom is -0.246 e. The summed E-state index contributed by atoms with van der Waals surface area (Å²) >= 11 is 1.88. The highest BCUT2D eigenvalue weighted by Gasteiger charge is 2.47. The van der Waals surface area contributed by atoms with Crippen LogP contribution in [-0.4, -0.2) is 5.04 Å². The molecule has 0 radical (unpaired) electrons.